The van der Waals surface area contributed by atoms with Crippen molar-refractivity contribution in [3.8, 4) is 11.5 Å². The average molecular weight is 299 g/mol. The largest absolute Gasteiger partial charge is 0.497 e. The molecule has 2 aromatic carbocycles. The molecule has 2 rings (SSSR count). The van der Waals surface area contributed by atoms with E-state index < -0.39 is 5.97 Å². The number of nitrogens with one attached hydrogen (secondary N) is 1. The highest BCUT2D eigenvalue weighted by Gasteiger charge is 2.10. The van der Waals surface area contributed by atoms with Gasteiger partial charge in [-0.15, -0.1) is 0 Å². The van der Waals surface area contributed by atoms with Crippen molar-refractivity contribution in [2.45, 2.75) is 6.92 Å². The molecule has 0 aromatic heterocycles. The summed E-state index contributed by atoms with van der Waals surface area (Å²) in [7, 11) is 1.52. The Morgan fingerprint density at radius 3 is 2.45 bits per heavy atom. The molecule has 0 fully saturated rings. The van der Waals surface area contributed by atoms with E-state index in [4.69, 9.17) is 9.47 Å². The van der Waals surface area contributed by atoms with Gasteiger partial charge in [0.1, 0.15) is 18.0 Å². The monoisotopic (exact) mass is 299 g/mol. The highest BCUT2D eigenvalue weighted by molar-refractivity contribution is 5.96. The predicted octanol–water partition coefficient (Wildman–Crippen LogP) is 2.34. The van der Waals surface area contributed by atoms with Crippen molar-refractivity contribution < 1.29 is 19.1 Å². The van der Waals surface area contributed by atoms with Crippen LogP contribution in [-0.2, 0) is 4.79 Å². The lowest BCUT2D eigenvalue weighted by Crippen LogP contribution is -2.31. The normalized spacial score (nSPS) is 9.91. The summed E-state index contributed by atoms with van der Waals surface area (Å²) in [6, 6.07) is 13.8. The maximum atomic E-state index is 11.9. The van der Waals surface area contributed by atoms with Gasteiger partial charge >= 0.3 is 5.97 Å². The lowest BCUT2D eigenvalue weighted by atomic mass is 10.2. The molecule has 0 unspecified atom stereocenters. The van der Waals surface area contributed by atoms with Gasteiger partial charge in [0.25, 0.3) is 5.91 Å². The van der Waals surface area contributed by atoms with Crippen LogP contribution in [0.25, 0.3) is 0 Å². The topological polar surface area (TPSA) is 64.6 Å². The van der Waals surface area contributed by atoms with E-state index in [0.717, 1.165) is 5.56 Å². The van der Waals surface area contributed by atoms with Crippen LogP contribution in [0.2, 0.25) is 0 Å². The first kappa shape index (κ1) is 15.6. The number of amides is 1. The highest BCUT2D eigenvalue weighted by Crippen LogP contribution is 2.13. The van der Waals surface area contributed by atoms with E-state index in [1.54, 1.807) is 36.4 Å². The van der Waals surface area contributed by atoms with Gasteiger partial charge in [-0.05, 0) is 37.3 Å². The van der Waals surface area contributed by atoms with Gasteiger partial charge in [-0.1, -0.05) is 23.8 Å². The maximum absolute atomic E-state index is 11.9. The molecule has 0 aliphatic rings. The Labute approximate surface area is 128 Å². The molecule has 0 saturated carbocycles. The van der Waals surface area contributed by atoms with Gasteiger partial charge in [0.15, 0.2) is 0 Å². The molecule has 0 spiro atoms. The molecule has 0 heterocycles. The third kappa shape index (κ3) is 4.34. The smallest absolute Gasteiger partial charge is 0.330 e. The molecule has 1 amide bonds. The molecule has 5 heteroatoms. The van der Waals surface area contributed by atoms with Gasteiger partial charge in [0.2, 0.25) is 0 Å². The molecule has 0 atom stereocenters. The van der Waals surface area contributed by atoms with Crippen LogP contribution >= 0.6 is 0 Å². The standard InChI is InChI=1S/C17H17NO4/c1-12-6-8-14(9-7-12)22-16(19)11-18-17(20)13-4-3-5-15(10-13)21-2/h3-10H,11H2,1-2H3,(H,18,20). The van der Waals surface area contributed by atoms with Crippen LogP contribution in [0.5, 0.6) is 11.5 Å². The molecule has 2 aromatic rings. The number of hydrogen-bond acceptors (Lipinski definition) is 4. The quantitative estimate of drug-likeness (QED) is 0.680. The van der Waals surface area contributed by atoms with Gasteiger partial charge in [-0.3, -0.25) is 4.79 Å². The van der Waals surface area contributed by atoms with Crippen LogP contribution in [-0.4, -0.2) is 25.5 Å². The van der Waals surface area contributed by atoms with Crippen LogP contribution in [0.15, 0.2) is 48.5 Å². The third-order valence-corrected chi connectivity index (χ3v) is 2.98. The second-order valence-corrected chi connectivity index (χ2v) is 4.70. The van der Waals surface area contributed by atoms with Crippen LogP contribution in [0.3, 0.4) is 0 Å². The van der Waals surface area contributed by atoms with Crippen molar-refractivity contribution >= 4 is 11.9 Å². The summed E-state index contributed by atoms with van der Waals surface area (Å²) >= 11 is 0. The fraction of sp³-hybridized carbons (Fsp3) is 0.176. The number of carbonyl (C=O) groups is 2. The zero-order valence-electron chi connectivity index (χ0n) is 12.5. The SMILES string of the molecule is COc1cccc(C(=O)NCC(=O)Oc2ccc(C)cc2)c1. The number of rotatable bonds is 5. The zero-order valence-corrected chi connectivity index (χ0v) is 12.5. The van der Waals surface area contributed by atoms with Crippen molar-refractivity contribution in [3.63, 3.8) is 0 Å². The minimum absolute atomic E-state index is 0.204. The van der Waals surface area contributed by atoms with E-state index in [1.165, 1.54) is 7.11 Å². The third-order valence-electron chi connectivity index (χ3n) is 2.98. The molecule has 22 heavy (non-hydrogen) atoms. The van der Waals surface area contributed by atoms with Crippen molar-refractivity contribution in [3.05, 3.63) is 59.7 Å². The summed E-state index contributed by atoms with van der Waals surface area (Å²) in [5.74, 6) is 0.140. The minimum atomic E-state index is -0.528. The summed E-state index contributed by atoms with van der Waals surface area (Å²) in [4.78, 5) is 23.6. The Balaban J connectivity index is 1.87. The van der Waals surface area contributed by atoms with Crippen molar-refractivity contribution in [2.75, 3.05) is 13.7 Å². The van der Waals surface area contributed by atoms with Gasteiger partial charge in [0.05, 0.1) is 7.11 Å². The number of carbonyl (C=O) groups excluding carboxylic acids is 2. The van der Waals surface area contributed by atoms with Gasteiger partial charge in [0, 0.05) is 5.56 Å². The summed E-state index contributed by atoms with van der Waals surface area (Å²) in [6.07, 6.45) is 0. The van der Waals surface area contributed by atoms with Crippen LogP contribution in [0, 0.1) is 6.92 Å². The predicted molar refractivity (Wildman–Crippen MR) is 82.1 cm³/mol. The second kappa shape index (κ2) is 7.26. The maximum Gasteiger partial charge on any atom is 0.330 e. The Hall–Kier alpha value is -2.82. The second-order valence-electron chi connectivity index (χ2n) is 4.70. The first-order valence-electron chi connectivity index (χ1n) is 6.78. The van der Waals surface area contributed by atoms with Crippen LogP contribution in [0.4, 0.5) is 0 Å². The number of methoxy groups -OCH3 is 1. The lowest BCUT2D eigenvalue weighted by Gasteiger charge is -2.07. The van der Waals surface area contributed by atoms with Gasteiger partial charge in [-0.2, -0.15) is 0 Å². The number of aryl methyl sites for hydroxylation is 1. The van der Waals surface area contributed by atoms with E-state index in [9.17, 15) is 9.59 Å². The van der Waals surface area contributed by atoms with Crippen LogP contribution in [0.1, 0.15) is 15.9 Å². The molecule has 0 radical (unpaired) electrons. The number of benzene rings is 2. The summed E-state index contributed by atoms with van der Waals surface area (Å²) < 4.78 is 10.2. The molecular weight excluding hydrogens is 282 g/mol. The van der Waals surface area contributed by atoms with E-state index in [2.05, 4.69) is 5.32 Å². The molecule has 0 aliphatic heterocycles. The van der Waals surface area contributed by atoms with Gasteiger partial charge < -0.3 is 14.8 Å². The zero-order chi connectivity index (χ0) is 15.9. The number of esters is 1. The fourth-order valence-electron chi connectivity index (χ4n) is 1.79. The highest BCUT2D eigenvalue weighted by atomic mass is 16.5. The summed E-state index contributed by atoms with van der Waals surface area (Å²) in [6.45, 7) is 1.74. The Morgan fingerprint density at radius 2 is 1.77 bits per heavy atom. The Morgan fingerprint density at radius 1 is 1.05 bits per heavy atom. The molecule has 114 valence electrons. The van der Waals surface area contributed by atoms with E-state index in [1.807, 2.05) is 19.1 Å². The number of ether oxygens (including phenoxy) is 2. The first-order chi connectivity index (χ1) is 10.6. The van der Waals surface area contributed by atoms with E-state index >= 15 is 0 Å². The lowest BCUT2D eigenvalue weighted by molar-refractivity contribution is -0.133. The molecule has 0 saturated heterocycles. The van der Waals surface area contributed by atoms with E-state index in [0.29, 0.717) is 17.1 Å². The van der Waals surface area contributed by atoms with Crippen molar-refractivity contribution in [1.82, 2.24) is 5.32 Å². The Kier molecular flexibility index (Phi) is 5.14. The van der Waals surface area contributed by atoms with Crippen LogP contribution < -0.4 is 14.8 Å². The molecular formula is C17H17NO4. The number of hydrogen-bond donors (Lipinski definition) is 1. The molecule has 5 nitrogen and oxygen atoms in total. The molecule has 0 aliphatic carbocycles. The first-order valence-corrected chi connectivity index (χ1v) is 6.78. The Bertz CT molecular complexity index is 665. The van der Waals surface area contributed by atoms with Crippen molar-refractivity contribution in [2.24, 2.45) is 0 Å². The average Bonchev–Trinajstić information content (AvgIpc) is 2.55. The minimum Gasteiger partial charge on any atom is -0.497 e. The van der Waals surface area contributed by atoms with Gasteiger partial charge in [-0.25, -0.2) is 4.79 Å². The van der Waals surface area contributed by atoms with Crippen molar-refractivity contribution in [1.29, 1.82) is 0 Å². The molecule has 0 bridgehead atoms. The molecule has 1 N–H and O–H groups in total. The summed E-state index contributed by atoms with van der Waals surface area (Å²) in [5, 5.41) is 2.51. The fourth-order valence-corrected chi connectivity index (χ4v) is 1.79. The van der Waals surface area contributed by atoms with E-state index in [-0.39, 0.29) is 12.5 Å². The summed E-state index contributed by atoms with van der Waals surface area (Å²) in [5.41, 5.74) is 1.49.